The molecule has 0 aromatic carbocycles. The average Bonchev–Trinajstić information content (AvgIpc) is 2.27. The van der Waals surface area contributed by atoms with E-state index >= 15 is 0 Å². The van der Waals surface area contributed by atoms with E-state index in [-0.39, 0.29) is 5.91 Å². The van der Waals surface area contributed by atoms with Gasteiger partial charge in [-0.05, 0) is 0 Å². The molecule has 0 radical (unpaired) electrons. The maximum atomic E-state index is 11.4. The van der Waals surface area contributed by atoms with Crippen LogP contribution in [0, 0.1) is 0 Å². The zero-order chi connectivity index (χ0) is 12.8. The predicted molar refractivity (Wildman–Crippen MR) is 67.6 cm³/mol. The molecule has 0 aliphatic heterocycles. The van der Waals surface area contributed by atoms with Crippen molar-refractivity contribution in [2.45, 2.75) is 19.8 Å². The largest absolute Gasteiger partial charge is 0.384 e. The molecule has 0 fully saturated rings. The van der Waals surface area contributed by atoms with Crippen LogP contribution in [0.3, 0.4) is 0 Å². The second-order valence-corrected chi connectivity index (χ2v) is 3.91. The van der Waals surface area contributed by atoms with Crippen molar-refractivity contribution in [3.8, 4) is 0 Å². The van der Waals surface area contributed by atoms with Crippen LogP contribution in [0.5, 0.6) is 0 Å². The second-order valence-electron chi connectivity index (χ2n) is 3.91. The van der Waals surface area contributed by atoms with Gasteiger partial charge in [0.15, 0.2) is 0 Å². The zero-order valence-electron chi connectivity index (χ0n) is 10.5. The van der Waals surface area contributed by atoms with Gasteiger partial charge in [0.25, 0.3) is 0 Å². The Hall–Kier alpha value is -1.85. The number of carbonyl (C=O) groups excluding carboxylic acids is 1. The lowest BCUT2D eigenvalue weighted by atomic mass is 10.3. The van der Waals surface area contributed by atoms with Gasteiger partial charge in [-0.3, -0.25) is 4.79 Å². The van der Waals surface area contributed by atoms with E-state index < -0.39 is 0 Å². The number of anilines is 2. The van der Waals surface area contributed by atoms with Gasteiger partial charge < -0.3 is 16.0 Å². The normalized spacial score (nSPS) is 10.1. The summed E-state index contributed by atoms with van der Waals surface area (Å²) in [6, 6.07) is 1.67. The number of hydrogen-bond acceptors (Lipinski definition) is 5. The first kappa shape index (κ1) is 13.2. The number of nitrogen functional groups attached to an aromatic ring is 1. The molecule has 0 aliphatic carbocycles. The summed E-state index contributed by atoms with van der Waals surface area (Å²) in [4.78, 5) is 21.3. The van der Waals surface area contributed by atoms with E-state index in [4.69, 9.17) is 5.73 Å². The molecule has 1 heterocycles. The fourth-order valence-corrected chi connectivity index (χ4v) is 1.29. The van der Waals surface area contributed by atoms with Crippen molar-refractivity contribution in [3.05, 3.63) is 11.9 Å². The first-order valence-corrected chi connectivity index (χ1v) is 5.60. The molecule has 0 saturated carbocycles. The van der Waals surface area contributed by atoms with Crippen molar-refractivity contribution >= 4 is 17.5 Å². The Morgan fingerprint density at radius 2 is 2.18 bits per heavy atom. The maximum absolute atomic E-state index is 11.4. The molecule has 6 nitrogen and oxygen atoms in total. The van der Waals surface area contributed by atoms with Gasteiger partial charge >= 0.3 is 0 Å². The first-order valence-electron chi connectivity index (χ1n) is 5.60. The van der Waals surface area contributed by atoms with E-state index in [0.717, 1.165) is 6.42 Å². The topological polar surface area (TPSA) is 84.1 Å². The Morgan fingerprint density at radius 1 is 1.47 bits per heavy atom. The summed E-state index contributed by atoms with van der Waals surface area (Å²) in [5.41, 5.74) is 5.65. The van der Waals surface area contributed by atoms with Crippen molar-refractivity contribution in [1.82, 2.24) is 14.9 Å². The minimum absolute atomic E-state index is 0.0789. The van der Waals surface area contributed by atoms with Gasteiger partial charge in [0, 0.05) is 39.5 Å². The number of nitrogens with one attached hydrogen (secondary N) is 1. The van der Waals surface area contributed by atoms with Gasteiger partial charge in [-0.15, -0.1) is 0 Å². The Kier molecular flexibility index (Phi) is 4.68. The molecule has 0 spiro atoms. The molecule has 6 heteroatoms. The Balaban J connectivity index is 2.52. The van der Waals surface area contributed by atoms with E-state index in [0.29, 0.717) is 30.4 Å². The standard InChI is InChI=1S/C11H19N5O/c1-4-9-14-8(12)7-10(15-9)13-6-5-11(17)16(2)3/h7H,4-6H2,1-3H3,(H3,12,13,14,15). The molecule has 0 bridgehead atoms. The van der Waals surface area contributed by atoms with Crippen LogP contribution in [0.25, 0.3) is 0 Å². The average molecular weight is 237 g/mol. The molecular weight excluding hydrogens is 218 g/mol. The molecule has 0 unspecified atom stereocenters. The van der Waals surface area contributed by atoms with Crippen molar-refractivity contribution in [2.75, 3.05) is 31.7 Å². The number of carbonyl (C=O) groups is 1. The van der Waals surface area contributed by atoms with E-state index in [1.807, 2.05) is 6.92 Å². The quantitative estimate of drug-likeness (QED) is 0.779. The molecule has 1 aromatic rings. The minimum atomic E-state index is 0.0789. The fraction of sp³-hybridized carbons (Fsp3) is 0.545. The minimum Gasteiger partial charge on any atom is -0.384 e. The van der Waals surface area contributed by atoms with Crippen molar-refractivity contribution < 1.29 is 4.79 Å². The molecule has 0 atom stereocenters. The Morgan fingerprint density at radius 3 is 2.76 bits per heavy atom. The molecular formula is C11H19N5O. The van der Waals surface area contributed by atoms with Gasteiger partial charge in [0.2, 0.25) is 5.91 Å². The predicted octanol–water partition coefficient (Wildman–Crippen LogP) is 0.511. The summed E-state index contributed by atoms with van der Waals surface area (Å²) in [7, 11) is 3.47. The monoisotopic (exact) mass is 237 g/mol. The molecule has 3 N–H and O–H groups in total. The summed E-state index contributed by atoms with van der Waals surface area (Å²) < 4.78 is 0. The highest BCUT2D eigenvalue weighted by Crippen LogP contribution is 2.08. The number of rotatable bonds is 5. The van der Waals surface area contributed by atoms with E-state index in [2.05, 4.69) is 15.3 Å². The van der Waals surface area contributed by atoms with Crippen LogP contribution >= 0.6 is 0 Å². The molecule has 1 amide bonds. The van der Waals surface area contributed by atoms with Gasteiger partial charge in [-0.1, -0.05) is 6.92 Å². The third-order valence-electron chi connectivity index (χ3n) is 2.25. The molecule has 17 heavy (non-hydrogen) atoms. The molecule has 94 valence electrons. The molecule has 1 aromatic heterocycles. The van der Waals surface area contributed by atoms with Crippen LogP contribution in [-0.4, -0.2) is 41.4 Å². The van der Waals surface area contributed by atoms with E-state index in [1.165, 1.54) is 0 Å². The van der Waals surface area contributed by atoms with Crippen molar-refractivity contribution in [3.63, 3.8) is 0 Å². The molecule has 0 saturated heterocycles. The second kappa shape index (κ2) is 6.03. The van der Waals surface area contributed by atoms with Crippen molar-refractivity contribution in [1.29, 1.82) is 0 Å². The third kappa shape index (κ3) is 4.26. The van der Waals surface area contributed by atoms with Crippen LogP contribution in [0.4, 0.5) is 11.6 Å². The van der Waals surface area contributed by atoms with Crippen molar-refractivity contribution in [2.24, 2.45) is 0 Å². The lowest BCUT2D eigenvalue weighted by Crippen LogP contribution is -2.24. The highest BCUT2D eigenvalue weighted by atomic mass is 16.2. The highest BCUT2D eigenvalue weighted by molar-refractivity contribution is 5.76. The number of aryl methyl sites for hydroxylation is 1. The number of nitrogens with zero attached hydrogens (tertiary/aromatic N) is 3. The number of amides is 1. The van der Waals surface area contributed by atoms with Crippen LogP contribution in [0.15, 0.2) is 6.07 Å². The third-order valence-corrected chi connectivity index (χ3v) is 2.25. The van der Waals surface area contributed by atoms with E-state index in [1.54, 1.807) is 25.1 Å². The lowest BCUT2D eigenvalue weighted by Gasteiger charge is -2.11. The van der Waals surface area contributed by atoms with E-state index in [9.17, 15) is 4.79 Å². The summed E-state index contributed by atoms with van der Waals surface area (Å²) in [6.45, 7) is 2.50. The number of hydrogen-bond donors (Lipinski definition) is 2. The lowest BCUT2D eigenvalue weighted by molar-refractivity contribution is -0.128. The number of nitrogens with two attached hydrogens (primary N) is 1. The van der Waals surface area contributed by atoms with Crippen LogP contribution in [0.1, 0.15) is 19.2 Å². The Bertz CT molecular complexity index is 391. The maximum Gasteiger partial charge on any atom is 0.223 e. The zero-order valence-corrected chi connectivity index (χ0v) is 10.5. The highest BCUT2D eigenvalue weighted by Gasteiger charge is 2.04. The van der Waals surface area contributed by atoms with Crippen LogP contribution in [0.2, 0.25) is 0 Å². The summed E-state index contributed by atoms with van der Waals surface area (Å²) in [6.07, 6.45) is 1.16. The summed E-state index contributed by atoms with van der Waals surface area (Å²) in [5.74, 6) is 1.89. The summed E-state index contributed by atoms with van der Waals surface area (Å²) in [5, 5.41) is 3.07. The smallest absolute Gasteiger partial charge is 0.223 e. The van der Waals surface area contributed by atoms with Gasteiger partial charge in [0.1, 0.15) is 17.5 Å². The molecule has 1 rings (SSSR count). The van der Waals surface area contributed by atoms with Gasteiger partial charge in [-0.2, -0.15) is 0 Å². The molecule has 0 aliphatic rings. The number of aromatic nitrogens is 2. The summed E-state index contributed by atoms with van der Waals surface area (Å²) >= 11 is 0. The van der Waals surface area contributed by atoms with Crippen LogP contribution in [-0.2, 0) is 11.2 Å². The van der Waals surface area contributed by atoms with Gasteiger partial charge in [-0.25, -0.2) is 9.97 Å². The fourth-order valence-electron chi connectivity index (χ4n) is 1.29. The first-order chi connectivity index (χ1) is 8.02. The Labute approximate surface area is 101 Å². The van der Waals surface area contributed by atoms with Gasteiger partial charge in [0.05, 0.1) is 0 Å². The SMILES string of the molecule is CCc1nc(N)cc(NCCC(=O)N(C)C)n1. The van der Waals surface area contributed by atoms with Crippen LogP contribution < -0.4 is 11.1 Å².